The third kappa shape index (κ3) is 5.57. The van der Waals surface area contributed by atoms with Crippen LogP contribution in [-0.2, 0) is 5.41 Å². The van der Waals surface area contributed by atoms with Crippen LogP contribution < -0.4 is 9.80 Å². The van der Waals surface area contributed by atoms with Crippen molar-refractivity contribution in [1.82, 2.24) is 0 Å². The van der Waals surface area contributed by atoms with Crippen LogP contribution in [0.4, 0.5) is 34.1 Å². The van der Waals surface area contributed by atoms with E-state index in [1.54, 1.807) is 0 Å². The number of nitrogens with zero attached hydrogens (tertiary/aromatic N) is 2. The Bertz CT molecular complexity index is 2840. The predicted octanol–water partition coefficient (Wildman–Crippen LogP) is 14.9. The second kappa shape index (κ2) is 13.2. The van der Waals surface area contributed by atoms with Crippen LogP contribution in [0.15, 0.2) is 206 Å². The van der Waals surface area contributed by atoms with Crippen LogP contribution >= 0.6 is 0 Å². The molecule has 55 heavy (non-hydrogen) atoms. The fourth-order valence-electron chi connectivity index (χ4n) is 8.62. The maximum Gasteiger partial charge on any atom is 0.0618 e. The van der Waals surface area contributed by atoms with Crippen LogP contribution in [0.25, 0.3) is 43.8 Å². The normalized spacial score (nSPS) is 13.0. The zero-order valence-corrected chi connectivity index (χ0v) is 31.0. The van der Waals surface area contributed by atoms with Crippen LogP contribution in [0.2, 0.25) is 0 Å². The minimum absolute atomic E-state index is 0.272. The molecule has 1 aliphatic heterocycles. The Morgan fingerprint density at radius 3 is 1.75 bits per heavy atom. The summed E-state index contributed by atoms with van der Waals surface area (Å²) in [5.74, 6) is 0. The Labute approximate surface area is 323 Å². The lowest BCUT2D eigenvalue weighted by atomic mass is 9.73. The Hall–Kier alpha value is -6.90. The summed E-state index contributed by atoms with van der Waals surface area (Å²) < 4.78 is 0. The van der Waals surface area contributed by atoms with Gasteiger partial charge in [-0.3, -0.25) is 0 Å². The van der Waals surface area contributed by atoms with Gasteiger partial charge in [0.05, 0.1) is 17.1 Å². The largest absolute Gasteiger partial charge is 0.310 e. The molecule has 0 saturated heterocycles. The molecule has 9 aromatic rings. The van der Waals surface area contributed by atoms with Crippen molar-refractivity contribution in [2.45, 2.75) is 19.3 Å². The second-order valence-corrected chi connectivity index (χ2v) is 15.0. The van der Waals surface area contributed by atoms with E-state index in [0.29, 0.717) is 0 Å². The first-order valence-electron chi connectivity index (χ1n) is 19.1. The summed E-state index contributed by atoms with van der Waals surface area (Å²) in [4.78, 5) is 4.92. The van der Waals surface area contributed by atoms with Gasteiger partial charge in [0.25, 0.3) is 0 Å². The highest BCUT2D eigenvalue weighted by Crippen LogP contribution is 2.56. The molecule has 0 spiro atoms. The second-order valence-electron chi connectivity index (χ2n) is 15.0. The molecule has 0 aliphatic carbocycles. The van der Waals surface area contributed by atoms with E-state index < -0.39 is 0 Å². The predicted molar refractivity (Wildman–Crippen MR) is 234 cm³/mol. The molecule has 2 nitrogen and oxygen atoms in total. The molecule has 0 fully saturated rings. The van der Waals surface area contributed by atoms with Gasteiger partial charge in [-0.25, -0.2) is 0 Å². The number of para-hydroxylation sites is 2. The maximum atomic E-state index is 2.54. The monoisotopic (exact) mass is 704 g/mol. The summed E-state index contributed by atoms with van der Waals surface area (Å²) in [7, 11) is 0. The van der Waals surface area contributed by atoms with Crippen LogP contribution in [0.1, 0.15) is 25.0 Å². The lowest BCUT2D eigenvalue weighted by Crippen LogP contribution is -2.31. The number of benzene rings is 9. The standard InChI is InChI=1S/C53H40N2/c1-53(2)48-23-13-14-24-50(48)55(52-46-22-12-11-18-40(46)29-33-47(52)42-26-25-38-17-9-10-19-41(38)35-42)51-34-32-45(36-49(51)53)54(43-20-7-4-8-21-43)44-30-27-39(28-31-44)37-15-5-3-6-16-37/h3-36H,1-2H3. The van der Waals surface area contributed by atoms with Crippen LogP contribution in [0.3, 0.4) is 0 Å². The Balaban J connectivity index is 1.19. The van der Waals surface area contributed by atoms with Gasteiger partial charge in [-0.2, -0.15) is 0 Å². The van der Waals surface area contributed by atoms with Gasteiger partial charge in [0.1, 0.15) is 0 Å². The smallest absolute Gasteiger partial charge is 0.0618 e. The molecule has 0 N–H and O–H groups in total. The van der Waals surface area contributed by atoms with Gasteiger partial charge in [-0.05, 0) is 98.6 Å². The molecule has 0 atom stereocenters. The lowest BCUT2D eigenvalue weighted by Gasteiger charge is -2.43. The molecule has 0 aromatic heterocycles. The van der Waals surface area contributed by atoms with E-state index in [1.165, 1.54) is 72.0 Å². The number of anilines is 6. The summed E-state index contributed by atoms with van der Waals surface area (Å²) >= 11 is 0. The van der Waals surface area contributed by atoms with Crippen molar-refractivity contribution >= 4 is 55.7 Å². The number of hydrogen-bond donors (Lipinski definition) is 0. The number of rotatable bonds is 6. The Morgan fingerprint density at radius 2 is 0.945 bits per heavy atom. The zero-order chi connectivity index (χ0) is 36.9. The highest BCUT2D eigenvalue weighted by Gasteiger charge is 2.38. The molecular formula is C53H40N2. The van der Waals surface area contributed by atoms with Crippen LogP contribution in [0.5, 0.6) is 0 Å². The van der Waals surface area contributed by atoms with Crippen molar-refractivity contribution in [3.05, 3.63) is 217 Å². The molecule has 2 heteroatoms. The average molecular weight is 705 g/mol. The minimum atomic E-state index is -0.272. The lowest BCUT2D eigenvalue weighted by molar-refractivity contribution is 0.632. The summed E-state index contributed by atoms with van der Waals surface area (Å²) in [6.07, 6.45) is 0. The number of fused-ring (bicyclic) bond motifs is 4. The van der Waals surface area contributed by atoms with Gasteiger partial charge in [0.2, 0.25) is 0 Å². The van der Waals surface area contributed by atoms with E-state index in [-0.39, 0.29) is 5.41 Å². The van der Waals surface area contributed by atoms with Crippen molar-refractivity contribution < 1.29 is 0 Å². The van der Waals surface area contributed by atoms with E-state index in [2.05, 4.69) is 230 Å². The van der Waals surface area contributed by atoms with E-state index in [1.807, 2.05) is 0 Å². The molecule has 0 bridgehead atoms. The number of hydrogen-bond acceptors (Lipinski definition) is 2. The van der Waals surface area contributed by atoms with E-state index >= 15 is 0 Å². The third-order valence-electron chi connectivity index (χ3n) is 11.4. The molecule has 0 radical (unpaired) electrons. The van der Waals surface area contributed by atoms with Crippen molar-refractivity contribution in [2.75, 3.05) is 9.80 Å². The summed E-state index contributed by atoms with van der Waals surface area (Å²) in [5, 5.41) is 4.93. The Morgan fingerprint density at radius 1 is 0.382 bits per heavy atom. The van der Waals surface area contributed by atoms with Gasteiger partial charge < -0.3 is 9.80 Å². The molecule has 262 valence electrons. The first kappa shape index (κ1) is 32.7. The molecule has 9 aromatic carbocycles. The minimum Gasteiger partial charge on any atom is -0.310 e. The third-order valence-corrected chi connectivity index (χ3v) is 11.4. The van der Waals surface area contributed by atoms with E-state index in [9.17, 15) is 0 Å². The molecule has 0 amide bonds. The van der Waals surface area contributed by atoms with E-state index in [4.69, 9.17) is 0 Å². The van der Waals surface area contributed by atoms with Crippen LogP contribution in [0, 0.1) is 0 Å². The quantitative estimate of drug-likeness (QED) is 0.170. The van der Waals surface area contributed by atoms with E-state index in [0.717, 1.165) is 17.1 Å². The Kier molecular flexibility index (Phi) is 7.85. The molecular weight excluding hydrogens is 665 g/mol. The van der Waals surface area contributed by atoms with Crippen molar-refractivity contribution in [3.63, 3.8) is 0 Å². The van der Waals surface area contributed by atoms with Gasteiger partial charge in [0, 0.05) is 33.4 Å². The van der Waals surface area contributed by atoms with Crippen molar-refractivity contribution in [3.8, 4) is 22.3 Å². The first-order chi connectivity index (χ1) is 27.0. The summed E-state index contributed by atoms with van der Waals surface area (Å²) in [6.45, 7) is 4.75. The average Bonchev–Trinajstić information content (AvgIpc) is 3.25. The highest BCUT2D eigenvalue weighted by molar-refractivity contribution is 6.08. The first-order valence-corrected chi connectivity index (χ1v) is 19.1. The van der Waals surface area contributed by atoms with Crippen LogP contribution in [-0.4, -0.2) is 0 Å². The molecule has 1 aliphatic rings. The summed E-state index contributed by atoms with van der Waals surface area (Å²) in [6, 6.07) is 75.2. The zero-order valence-electron chi connectivity index (χ0n) is 31.0. The molecule has 0 unspecified atom stereocenters. The van der Waals surface area contributed by atoms with Gasteiger partial charge in [-0.1, -0.05) is 166 Å². The van der Waals surface area contributed by atoms with Crippen molar-refractivity contribution in [2.24, 2.45) is 0 Å². The maximum absolute atomic E-state index is 2.54. The summed E-state index contributed by atoms with van der Waals surface area (Å²) in [5.41, 5.74) is 14.1. The van der Waals surface area contributed by atoms with Gasteiger partial charge >= 0.3 is 0 Å². The fourth-order valence-corrected chi connectivity index (χ4v) is 8.62. The topological polar surface area (TPSA) is 6.48 Å². The SMILES string of the molecule is CC1(C)c2ccccc2N(c2c(-c3ccc4ccccc4c3)ccc3ccccc23)c2ccc(N(c3ccccc3)c3ccc(-c4ccccc4)cc3)cc21. The van der Waals surface area contributed by atoms with Gasteiger partial charge in [-0.15, -0.1) is 0 Å². The molecule has 1 heterocycles. The highest BCUT2D eigenvalue weighted by atomic mass is 15.2. The van der Waals surface area contributed by atoms with Crippen molar-refractivity contribution in [1.29, 1.82) is 0 Å². The van der Waals surface area contributed by atoms with Gasteiger partial charge in [0.15, 0.2) is 0 Å². The molecule has 10 rings (SSSR count). The molecule has 0 saturated carbocycles. The fraction of sp³-hybridized carbons (Fsp3) is 0.0566.